The number of carbonyl (C=O) groups excluding carboxylic acids is 2. The summed E-state index contributed by atoms with van der Waals surface area (Å²) in [6.45, 7) is 9.76. The summed E-state index contributed by atoms with van der Waals surface area (Å²) < 4.78 is 16.4. The third kappa shape index (κ3) is 5.43. The SMILES string of the molecule is CCOC(=O)C1=C(C)N(c2ccc(OCC)cc2)C(C)=C(C(=O)OCC)C1c1ccc([NH+]([O-])O)cc1. The van der Waals surface area contributed by atoms with E-state index in [2.05, 4.69) is 0 Å². The Bertz CT molecular complexity index is 1110. The average Bonchev–Trinajstić information content (AvgIpc) is 2.85. The van der Waals surface area contributed by atoms with Crippen LogP contribution < -0.4 is 14.9 Å². The lowest BCUT2D eigenvalue weighted by Gasteiger charge is -2.38. The number of nitrogens with one attached hydrogen (secondary N) is 1. The number of hydrogen-bond acceptors (Lipinski definition) is 8. The number of quaternary nitrogens is 1. The minimum Gasteiger partial charge on any atom is -0.595 e. The van der Waals surface area contributed by atoms with E-state index in [1.807, 2.05) is 36.1 Å². The molecule has 1 aliphatic heterocycles. The van der Waals surface area contributed by atoms with E-state index >= 15 is 0 Å². The molecule has 0 amide bonds. The fourth-order valence-electron chi connectivity index (χ4n) is 4.40. The van der Waals surface area contributed by atoms with Gasteiger partial charge >= 0.3 is 11.9 Å². The molecule has 192 valence electrons. The van der Waals surface area contributed by atoms with Gasteiger partial charge < -0.3 is 24.3 Å². The van der Waals surface area contributed by atoms with Crippen molar-refractivity contribution < 1.29 is 34.2 Å². The van der Waals surface area contributed by atoms with Gasteiger partial charge in [-0.3, -0.25) is 0 Å². The van der Waals surface area contributed by atoms with E-state index in [4.69, 9.17) is 14.2 Å². The van der Waals surface area contributed by atoms with E-state index in [9.17, 15) is 20.0 Å². The number of anilines is 1. The van der Waals surface area contributed by atoms with Crippen molar-refractivity contribution in [1.82, 2.24) is 0 Å². The van der Waals surface area contributed by atoms with Crippen LogP contribution >= 0.6 is 0 Å². The maximum Gasteiger partial charge on any atom is 0.336 e. The van der Waals surface area contributed by atoms with Crippen molar-refractivity contribution in [2.75, 3.05) is 24.7 Å². The number of esters is 2. The average molecular weight is 497 g/mol. The topological polar surface area (TPSA) is 113 Å². The van der Waals surface area contributed by atoms with Gasteiger partial charge in [-0.05, 0) is 64.4 Å². The molecular formula is C27H32N2O7. The minimum atomic E-state index is -1.07. The van der Waals surface area contributed by atoms with Crippen molar-refractivity contribution >= 4 is 23.3 Å². The molecule has 0 radical (unpaired) electrons. The quantitative estimate of drug-likeness (QED) is 0.399. The Morgan fingerprint density at radius 3 is 1.78 bits per heavy atom. The highest BCUT2D eigenvalue weighted by Crippen LogP contribution is 2.44. The molecule has 3 rings (SSSR count). The van der Waals surface area contributed by atoms with Gasteiger partial charge in [-0.25, -0.2) is 14.8 Å². The fraction of sp³-hybridized carbons (Fsp3) is 0.333. The van der Waals surface area contributed by atoms with Gasteiger partial charge in [0.05, 0.1) is 36.9 Å². The van der Waals surface area contributed by atoms with E-state index < -0.39 is 23.1 Å². The molecule has 0 saturated heterocycles. The zero-order valence-electron chi connectivity index (χ0n) is 21.2. The van der Waals surface area contributed by atoms with Gasteiger partial charge in [0.25, 0.3) is 0 Å². The first-order chi connectivity index (χ1) is 17.2. The van der Waals surface area contributed by atoms with Crippen molar-refractivity contribution in [3.8, 4) is 5.75 Å². The third-order valence-electron chi connectivity index (χ3n) is 5.92. The van der Waals surface area contributed by atoms with Crippen LogP contribution in [0.2, 0.25) is 0 Å². The molecule has 0 saturated carbocycles. The molecule has 2 aromatic carbocycles. The second-order valence-electron chi connectivity index (χ2n) is 8.06. The van der Waals surface area contributed by atoms with Crippen LogP contribution in [0.4, 0.5) is 11.4 Å². The van der Waals surface area contributed by atoms with E-state index in [0.29, 0.717) is 29.3 Å². The zero-order valence-corrected chi connectivity index (χ0v) is 21.2. The molecule has 0 spiro atoms. The Morgan fingerprint density at radius 1 is 0.861 bits per heavy atom. The van der Waals surface area contributed by atoms with Crippen LogP contribution in [0.25, 0.3) is 0 Å². The third-order valence-corrected chi connectivity index (χ3v) is 5.92. The molecule has 1 unspecified atom stereocenters. The van der Waals surface area contributed by atoms with Gasteiger partial charge in [-0.2, -0.15) is 5.23 Å². The Kier molecular flexibility index (Phi) is 8.87. The Balaban J connectivity index is 2.25. The van der Waals surface area contributed by atoms with Gasteiger partial charge in [-0.1, -0.05) is 12.1 Å². The van der Waals surface area contributed by atoms with Crippen molar-refractivity contribution in [3.05, 3.63) is 81.8 Å². The number of rotatable bonds is 9. The molecule has 36 heavy (non-hydrogen) atoms. The lowest BCUT2D eigenvalue weighted by atomic mass is 9.79. The van der Waals surface area contributed by atoms with Gasteiger partial charge in [-0.15, -0.1) is 0 Å². The van der Waals surface area contributed by atoms with Crippen LogP contribution in [0.1, 0.15) is 46.1 Å². The van der Waals surface area contributed by atoms with Gasteiger partial charge in [0.2, 0.25) is 0 Å². The summed E-state index contributed by atoms with van der Waals surface area (Å²) in [5, 5.41) is 19.6. The van der Waals surface area contributed by atoms with Gasteiger partial charge in [0.1, 0.15) is 5.75 Å². The highest BCUT2D eigenvalue weighted by Gasteiger charge is 2.41. The molecule has 0 aliphatic carbocycles. The molecule has 9 nitrogen and oxygen atoms in total. The number of benzene rings is 2. The van der Waals surface area contributed by atoms with E-state index in [1.54, 1.807) is 39.8 Å². The molecule has 1 atom stereocenters. The Morgan fingerprint density at radius 2 is 1.36 bits per heavy atom. The molecular weight excluding hydrogens is 464 g/mol. The van der Waals surface area contributed by atoms with Crippen LogP contribution in [0, 0.1) is 5.21 Å². The molecule has 1 aliphatic rings. The maximum atomic E-state index is 13.3. The van der Waals surface area contributed by atoms with Crippen molar-refractivity contribution in [2.24, 2.45) is 0 Å². The van der Waals surface area contributed by atoms with E-state index in [1.165, 1.54) is 12.1 Å². The van der Waals surface area contributed by atoms with Crippen molar-refractivity contribution in [1.29, 1.82) is 0 Å². The summed E-state index contributed by atoms with van der Waals surface area (Å²) in [4.78, 5) is 28.5. The Hall–Kier alpha value is -3.66. The van der Waals surface area contributed by atoms with Crippen molar-refractivity contribution in [2.45, 2.75) is 40.5 Å². The summed E-state index contributed by atoms with van der Waals surface area (Å²) in [5.74, 6) is -1.22. The number of ether oxygens (including phenoxy) is 3. The van der Waals surface area contributed by atoms with Gasteiger partial charge in [0, 0.05) is 29.2 Å². The molecule has 0 fully saturated rings. The summed E-state index contributed by atoms with van der Waals surface area (Å²) in [5.41, 5.74) is 3.16. The minimum absolute atomic E-state index is 0.0994. The molecule has 2 N–H and O–H groups in total. The standard InChI is InChI=1S/C27H32N2O7/c1-6-34-22-15-13-20(14-16-22)28-17(4)23(26(30)35-7-2)25(24(18(28)5)27(31)36-8-3)19-9-11-21(12-10-19)29(32)33/h9-16,25,29,32H,6-8H2,1-5H3. The molecule has 9 heteroatoms. The Labute approximate surface area is 210 Å². The largest absolute Gasteiger partial charge is 0.595 e. The van der Waals surface area contributed by atoms with E-state index in [0.717, 1.165) is 5.69 Å². The van der Waals surface area contributed by atoms with Crippen LogP contribution in [-0.4, -0.2) is 37.0 Å². The predicted octanol–water partition coefficient (Wildman–Crippen LogP) is 3.77. The second kappa shape index (κ2) is 11.9. The number of carbonyl (C=O) groups is 2. The first-order valence-corrected chi connectivity index (χ1v) is 11.9. The number of nitrogens with zero attached hydrogens (tertiary/aromatic N) is 1. The van der Waals surface area contributed by atoms with Crippen LogP contribution in [-0.2, 0) is 19.1 Å². The van der Waals surface area contributed by atoms with Crippen LogP contribution in [0.15, 0.2) is 71.1 Å². The van der Waals surface area contributed by atoms with Crippen LogP contribution in [0.5, 0.6) is 5.75 Å². The first-order valence-electron chi connectivity index (χ1n) is 11.9. The lowest BCUT2D eigenvalue weighted by molar-refractivity contribution is -0.991. The number of allylic oxidation sites excluding steroid dienone is 2. The first kappa shape index (κ1) is 26.9. The summed E-state index contributed by atoms with van der Waals surface area (Å²) >= 11 is 0. The summed E-state index contributed by atoms with van der Waals surface area (Å²) in [6.07, 6.45) is 0. The zero-order chi connectivity index (χ0) is 26.4. The van der Waals surface area contributed by atoms with Gasteiger partial charge in [0.15, 0.2) is 5.69 Å². The molecule has 1 heterocycles. The fourth-order valence-corrected chi connectivity index (χ4v) is 4.40. The predicted molar refractivity (Wildman–Crippen MR) is 134 cm³/mol. The normalized spacial score (nSPS) is 15.1. The second-order valence-corrected chi connectivity index (χ2v) is 8.06. The molecule has 2 aromatic rings. The molecule has 0 aromatic heterocycles. The monoisotopic (exact) mass is 496 g/mol. The van der Waals surface area contributed by atoms with E-state index in [-0.39, 0.29) is 30.0 Å². The lowest BCUT2D eigenvalue weighted by Crippen LogP contribution is -2.99. The maximum absolute atomic E-state index is 13.3. The molecule has 0 bridgehead atoms. The highest BCUT2D eigenvalue weighted by molar-refractivity contribution is 6.01. The smallest absolute Gasteiger partial charge is 0.336 e. The highest BCUT2D eigenvalue weighted by atomic mass is 16.8. The summed E-state index contributed by atoms with van der Waals surface area (Å²) in [7, 11) is 0. The van der Waals surface area contributed by atoms with Crippen molar-refractivity contribution in [3.63, 3.8) is 0 Å². The number of hydrogen-bond donors (Lipinski definition) is 2. The summed E-state index contributed by atoms with van der Waals surface area (Å²) in [6, 6.07) is 13.5. The van der Waals surface area contributed by atoms with Crippen LogP contribution in [0.3, 0.4) is 0 Å².